The molecule has 0 spiro atoms. The molecule has 0 aromatic rings. The topological polar surface area (TPSA) is 40.5 Å². The molecule has 2 saturated carbocycles. The first-order valence-electron chi connectivity index (χ1n) is 13.3. The van der Waals surface area contributed by atoms with Gasteiger partial charge in [0.25, 0.3) is 0 Å². The maximum absolute atomic E-state index is 10.8. The largest absolute Gasteiger partial charge is 0.393 e. The average molecular weight is 441 g/mol. The van der Waals surface area contributed by atoms with E-state index in [9.17, 15) is 10.2 Å². The highest BCUT2D eigenvalue weighted by Gasteiger charge is 2.62. The Morgan fingerprint density at radius 2 is 1.81 bits per heavy atom. The Bertz CT molecular complexity index is 832. The summed E-state index contributed by atoms with van der Waals surface area (Å²) in [6, 6.07) is 0. The van der Waals surface area contributed by atoms with E-state index in [0.717, 1.165) is 37.2 Å². The van der Waals surface area contributed by atoms with Gasteiger partial charge in [-0.2, -0.15) is 0 Å². The summed E-state index contributed by atoms with van der Waals surface area (Å²) in [7, 11) is 0. The van der Waals surface area contributed by atoms with Crippen molar-refractivity contribution in [2.45, 2.75) is 106 Å². The summed E-state index contributed by atoms with van der Waals surface area (Å²) in [5.74, 6) is 1.99. The van der Waals surface area contributed by atoms with E-state index in [1.165, 1.54) is 25.7 Å². The van der Waals surface area contributed by atoms with Crippen LogP contribution in [0.25, 0.3) is 0 Å². The minimum atomic E-state index is -0.180. The predicted molar refractivity (Wildman–Crippen MR) is 134 cm³/mol. The van der Waals surface area contributed by atoms with Crippen LogP contribution in [0.4, 0.5) is 0 Å². The zero-order valence-corrected chi connectivity index (χ0v) is 21.8. The Hall–Kier alpha value is -0.860. The van der Waals surface area contributed by atoms with Crippen LogP contribution in [-0.4, -0.2) is 22.9 Å². The van der Waals surface area contributed by atoms with Gasteiger partial charge in [0.2, 0.25) is 0 Å². The minimum absolute atomic E-state index is 0.0233. The molecule has 2 heteroatoms. The average Bonchev–Trinajstić information content (AvgIpc) is 3.02. The van der Waals surface area contributed by atoms with Crippen LogP contribution in [-0.2, 0) is 0 Å². The van der Waals surface area contributed by atoms with Crippen LogP contribution in [0, 0.1) is 39.4 Å². The van der Waals surface area contributed by atoms with E-state index in [1.807, 2.05) is 6.92 Å². The summed E-state index contributed by atoms with van der Waals surface area (Å²) >= 11 is 0. The highest BCUT2D eigenvalue weighted by Crippen LogP contribution is 2.71. The molecule has 4 aliphatic carbocycles. The SMILES string of the molecule is C/C(=C/CC[C@@H](C)[C@H]1CC[C@@]2(C)C3=CC[C@H]4C(C)(C)[C@@H](O)CC[C@]4(C)C3=CC[C@]12C)CO. The summed E-state index contributed by atoms with van der Waals surface area (Å²) in [5.41, 5.74) is 5.18. The predicted octanol–water partition coefficient (Wildman–Crippen LogP) is 7.23. The lowest BCUT2D eigenvalue weighted by Crippen LogP contribution is -2.54. The van der Waals surface area contributed by atoms with E-state index in [-0.39, 0.29) is 29.0 Å². The number of rotatable bonds is 5. The Morgan fingerprint density at radius 1 is 1.09 bits per heavy atom. The third-order valence-electron chi connectivity index (χ3n) is 11.3. The maximum atomic E-state index is 10.8. The number of fused-ring (bicyclic) bond motifs is 5. The molecule has 0 aromatic carbocycles. The van der Waals surface area contributed by atoms with Gasteiger partial charge in [0.1, 0.15) is 0 Å². The quantitative estimate of drug-likeness (QED) is 0.443. The van der Waals surface area contributed by atoms with Crippen molar-refractivity contribution in [1.29, 1.82) is 0 Å². The zero-order valence-electron chi connectivity index (χ0n) is 21.8. The number of allylic oxidation sites excluding steroid dienone is 5. The van der Waals surface area contributed by atoms with Gasteiger partial charge in [-0.3, -0.25) is 0 Å². The van der Waals surface area contributed by atoms with Crippen LogP contribution < -0.4 is 0 Å². The molecule has 2 fully saturated rings. The van der Waals surface area contributed by atoms with Crippen molar-refractivity contribution in [3.63, 3.8) is 0 Å². The maximum Gasteiger partial charge on any atom is 0.0639 e. The molecular weight excluding hydrogens is 392 g/mol. The van der Waals surface area contributed by atoms with Crippen molar-refractivity contribution in [3.05, 3.63) is 34.9 Å². The fourth-order valence-electron chi connectivity index (χ4n) is 8.80. The Kier molecular flexibility index (Phi) is 6.16. The van der Waals surface area contributed by atoms with Gasteiger partial charge in [-0.15, -0.1) is 0 Å². The van der Waals surface area contributed by atoms with Gasteiger partial charge in [0, 0.05) is 0 Å². The first-order chi connectivity index (χ1) is 14.9. The van der Waals surface area contributed by atoms with Crippen molar-refractivity contribution >= 4 is 0 Å². The molecule has 0 saturated heterocycles. The van der Waals surface area contributed by atoms with Crippen LogP contribution in [0.2, 0.25) is 0 Å². The first kappa shape index (κ1) is 24.3. The molecule has 0 unspecified atom stereocenters. The van der Waals surface area contributed by atoms with E-state index in [2.05, 4.69) is 59.8 Å². The highest BCUT2D eigenvalue weighted by atomic mass is 16.3. The fraction of sp³-hybridized carbons (Fsp3) is 0.800. The Balaban J connectivity index is 1.63. The molecule has 4 rings (SSSR count). The molecule has 0 bridgehead atoms. The van der Waals surface area contributed by atoms with Gasteiger partial charge in [-0.1, -0.05) is 65.3 Å². The summed E-state index contributed by atoms with van der Waals surface area (Å²) in [6.45, 7) is 17.0. The van der Waals surface area contributed by atoms with Crippen LogP contribution >= 0.6 is 0 Å². The van der Waals surface area contributed by atoms with Gasteiger partial charge in [-0.25, -0.2) is 0 Å². The molecule has 2 N–H and O–H groups in total. The summed E-state index contributed by atoms with van der Waals surface area (Å²) in [4.78, 5) is 0. The molecule has 32 heavy (non-hydrogen) atoms. The van der Waals surface area contributed by atoms with Crippen LogP contribution in [0.15, 0.2) is 34.9 Å². The summed E-state index contributed by atoms with van der Waals surface area (Å²) in [5, 5.41) is 20.1. The van der Waals surface area contributed by atoms with E-state index in [4.69, 9.17) is 0 Å². The van der Waals surface area contributed by atoms with Gasteiger partial charge in [-0.05, 0) is 109 Å². The van der Waals surface area contributed by atoms with E-state index in [0.29, 0.717) is 17.3 Å². The molecule has 2 nitrogen and oxygen atoms in total. The second-order valence-electron chi connectivity index (χ2n) is 13.2. The van der Waals surface area contributed by atoms with Crippen LogP contribution in [0.5, 0.6) is 0 Å². The third kappa shape index (κ3) is 3.34. The zero-order chi connectivity index (χ0) is 23.5. The van der Waals surface area contributed by atoms with Crippen molar-refractivity contribution in [2.24, 2.45) is 39.4 Å². The van der Waals surface area contributed by atoms with E-state index < -0.39 is 0 Å². The number of aliphatic hydroxyl groups is 2. The molecule has 0 radical (unpaired) electrons. The van der Waals surface area contributed by atoms with Crippen molar-refractivity contribution in [1.82, 2.24) is 0 Å². The molecule has 180 valence electrons. The van der Waals surface area contributed by atoms with Crippen LogP contribution in [0.3, 0.4) is 0 Å². The normalized spacial score (nSPS) is 44.2. The molecule has 0 heterocycles. The lowest BCUT2D eigenvalue weighted by molar-refractivity contribution is -0.0851. The second kappa shape index (κ2) is 8.12. The number of hydrogen-bond donors (Lipinski definition) is 2. The molecule has 0 aliphatic heterocycles. The van der Waals surface area contributed by atoms with Crippen molar-refractivity contribution in [2.75, 3.05) is 6.61 Å². The monoisotopic (exact) mass is 440 g/mol. The van der Waals surface area contributed by atoms with Crippen LogP contribution in [0.1, 0.15) is 99.8 Å². The molecule has 7 atom stereocenters. The number of hydrogen-bond acceptors (Lipinski definition) is 2. The van der Waals surface area contributed by atoms with Crippen molar-refractivity contribution < 1.29 is 10.2 Å². The number of aliphatic hydroxyl groups excluding tert-OH is 2. The smallest absolute Gasteiger partial charge is 0.0639 e. The fourth-order valence-corrected chi connectivity index (χ4v) is 8.80. The summed E-state index contributed by atoms with van der Waals surface area (Å²) in [6.07, 6.45) is 16.6. The van der Waals surface area contributed by atoms with Gasteiger partial charge < -0.3 is 10.2 Å². The van der Waals surface area contributed by atoms with Gasteiger partial charge in [0.15, 0.2) is 0 Å². The first-order valence-corrected chi connectivity index (χ1v) is 13.3. The highest BCUT2D eigenvalue weighted by molar-refractivity contribution is 5.49. The minimum Gasteiger partial charge on any atom is -0.393 e. The molecule has 4 aliphatic rings. The lowest BCUT2D eigenvalue weighted by atomic mass is 9.44. The Morgan fingerprint density at radius 3 is 2.50 bits per heavy atom. The molecule has 0 aromatic heterocycles. The van der Waals surface area contributed by atoms with E-state index >= 15 is 0 Å². The lowest BCUT2D eigenvalue weighted by Gasteiger charge is -2.61. The standard InChI is InChI=1S/C30H48O2/c1-20(19-31)9-8-10-21(2)22-13-17-30(7)24-11-12-25-27(3,4)26(32)15-16-28(25,5)23(24)14-18-29(22,30)6/h9,11,14,21-22,25-26,31-32H,8,10,12-13,15-19H2,1-7H3/b20-9-/t21-,22-,25+,26+,28-,29-,30+/m1/s1. The molecular formula is C30H48O2. The van der Waals surface area contributed by atoms with Crippen molar-refractivity contribution in [3.8, 4) is 0 Å². The third-order valence-corrected chi connectivity index (χ3v) is 11.3. The van der Waals surface area contributed by atoms with Gasteiger partial charge in [0.05, 0.1) is 12.7 Å². The van der Waals surface area contributed by atoms with Gasteiger partial charge >= 0.3 is 0 Å². The second-order valence-corrected chi connectivity index (χ2v) is 13.2. The summed E-state index contributed by atoms with van der Waals surface area (Å²) < 4.78 is 0. The molecule has 0 amide bonds. The Labute approximate surface area is 197 Å². The van der Waals surface area contributed by atoms with E-state index in [1.54, 1.807) is 11.1 Å².